The standard InChI is InChI=1S/C31H48BrN3O7/c1-8-11-13-23(37)33-16-20(7)41-30(40)24-25-28(38)35(22(17-36)18(4)5)27(31(25)15-21(32)26(24)42-31)29(39)34(14-10-3)19(6)12-9-2/h8,10,18-22,24-27,36H,1,3,9,11-17H2,2,4-7H3,(H,33,37)/t19?,20-,21?,22+,24-,25+,26-,27-,31+/m1/s1. The first-order valence-electron chi connectivity index (χ1n) is 15.1. The normalized spacial score (nSPS) is 30.0. The van der Waals surface area contributed by atoms with E-state index in [2.05, 4.69) is 41.3 Å². The molecule has 3 amide bonds. The smallest absolute Gasteiger partial charge is 0.312 e. The lowest BCUT2D eigenvalue weighted by molar-refractivity contribution is -0.160. The number of rotatable bonds is 16. The summed E-state index contributed by atoms with van der Waals surface area (Å²) in [5.74, 6) is -3.45. The minimum absolute atomic E-state index is 0.110. The zero-order chi connectivity index (χ0) is 31.4. The van der Waals surface area contributed by atoms with Gasteiger partial charge in [0, 0.05) is 23.8 Å². The Hall–Kier alpha value is -2.24. The molecule has 2 bridgehead atoms. The van der Waals surface area contributed by atoms with Gasteiger partial charge in [0.1, 0.15) is 17.7 Å². The van der Waals surface area contributed by atoms with Gasteiger partial charge in [-0.3, -0.25) is 19.2 Å². The number of nitrogens with zero attached hydrogens (tertiary/aromatic N) is 2. The quantitative estimate of drug-likeness (QED) is 0.149. The molecule has 3 fully saturated rings. The number of hydrogen-bond donors (Lipinski definition) is 2. The van der Waals surface area contributed by atoms with Crippen LogP contribution in [0.3, 0.4) is 0 Å². The van der Waals surface area contributed by atoms with Gasteiger partial charge >= 0.3 is 5.97 Å². The minimum atomic E-state index is -1.26. The van der Waals surface area contributed by atoms with E-state index < -0.39 is 47.7 Å². The molecule has 0 aromatic carbocycles. The van der Waals surface area contributed by atoms with Crippen molar-refractivity contribution in [2.24, 2.45) is 17.8 Å². The Balaban J connectivity index is 1.97. The molecule has 11 heteroatoms. The molecule has 0 aromatic rings. The van der Waals surface area contributed by atoms with E-state index in [1.807, 2.05) is 20.8 Å². The van der Waals surface area contributed by atoms with Crippen LogP contribution in [0, 0.1) is 17.8 Å². The van der Waals surface area contributed by atoms with Gasteiger partial charge in [-0.15, -0.1) is 13.2 Å². The van der Waals surface area contributed by atoms with Crippen molar-refractivity contribution in [3.05, 3.63) is 25.3 Å². The zero-order valence-corrected chi connectivity index (χ0v) is 27.2. The van der Waals surface area contributed by atoms with Gasteiger partial charge in [0.2, 0.25) is 17.7 Å². The van der Waals surface area contributed by atoms with Crippen LogP contribution in [0.1, 0.15) is 66.7 Å². The van der Waals surface area contributed by atoms with Crippen LogP contribution in [-0.2, 0) is 28.7 Å². The number of nitrogens with one attached hydrogen (secondary N) is 1. The molecule has 1 spiro atoms. The Morgan fingerprint density at radius 1 is 1.26 bits per heavy atom. The molecule has 0 radical (unpaired) electrons. The number of fused-ring (bicyclic) bond motifs is 1. The first-order chi connectivity index (χ1) is 19.9. The SMILES string of the molecule is C=CCCC(=O)NC[C@@H](C)OC(=O)[C@H]1[C@@H]2O[C@@]3(CC2Br)[C@@H]1C(=O)N([C@@H](CO)C(C)C)[C@@H]3C(=O)N(CC=C)C(C)CCC. The van der Waals surface area contributed by atoms with Crippen molar-refractivity contribution in [2.45, 2.75) is 107 Å². The van der Waals surface area contributed by atoms with Gasteiger partial charge in [-0.05, 0) is 39.0 Å². The number of likely N-dealkylation sites (tertiary alicyclic amines) is 1. The van der Waals surface area contributed by atoms with E-state index in [-0.39, 0.29) is 47.7 Å². The number of allylic oxidation sites excluding steroid dienone is 1. The molecule has 0 aliphatic carbocycles. The number of alkyl halides is 1. The van der Waals surface area contributed by atoms with Crippen molar-refractivity contribution in [1.29, 1.82) is 0 Å². The van der Waals surface area contributed by atoms with E-state index in [1.54, 1.807) is 24.0 Å². The van der Waals surface area contributed by atoms with Crippen LogP contribution in [0.2, 0.25) is 0 Å². The summed E-state index contributed by atoms with van der Waals surface area (Å²) in [5, 5.41) is 13.2. The second-order valence-corrected chi connectivity index (χ2v) is 13.4. The van der Waals surface area contributed by atoms with Crippen molar-refractivity contribution < 1.29 is 33.8 Å². The predicted molar refractivity (Wildman–Crippen MR) is 163 cm³/mol. The van der Waals surface area contributed by atoms with Gasteiger partial charge < -0.3 is 29.7 Å². The molecule has 0 saturated carbocycles. The highest BCUT2D eigenvalue weighted by Crippen LogP contribution is 2.61. The van der Waals surface area contributed by atoms with Crippen molar-refractivity contribution >= 4 is 39.6 Å². The Labute approximate surface area is 258 Å². The number of aliphatic hydroxyl groups is 1. The van der Waals surface area contributed by atoms with Gasteiger partial charge in [-0.1, -0.05) is 55.3 Å². The van der Waals surface area contributed by atoms with E-state index >= 15 is 0 Å². The van der Waals surface area contributed by atoms with E-state index in [9.17, 15) is 24.3 Å². The van der Waals surface area contributed by atoms with Gasteiger partial charge in [0.05, 0.1) is 37.1 Å². The third-order valence-electron chi connectivity index (χ3n) is 8.87. The summed E-state index contributed by atoms with van der Waals surface area (Å²) in [6, 6.07) is -1.77. The molecule has 10 nitrogen and oxygen atoms in total. The van der Waals surface area contributed by atoms with Crippen molar-refractivity contribution in [3.8, 4) is 0 Å². The summed E-state index contributed by atoms with van der Waals surface area (Å²) in [6.07, 6.45) is 4.87. The third kappa shape index (κ3) is 6.48. The number of carbonyl (C=O) groups is 4. The summed E-state index contributed by atoms with van der Waals surface area (Å²) in [6.45, 7) is 17.0. The maximum absolute atomic E-state index is 14.5. The summed E-state index contributed by atoms with van der Waals surface area (Å²) in [5.41, 5.74) is -1.26. The van der Waals surface area contributed by atoms with Gasteiger partial charge in [-0.25, -0.2) is 0 Å². The Kier molecular flexibility index (Phi) is 11.8. The van der Waals surface area contributed by atoms with E-state index in [0.717, 1.165) is 12.8 Å². The lowest BCUT2D eigenvalue weighted by atomic mass is 9.70. The summed E-state index contributed by atoms with van der Waals surface area (Å²) in [7, 11) is 0. The number of carbonyl (C=O) groups excluding carboxylic acids is 4. The molecule has 0 aromatic heterocycles. The summed E-state index contributed by atoms with van der Waals surface area (Å²) in [4.78, 5) is 57.5. The largest absolute Gasteiger partial charge is 0.460 e. The van der Waals surface area contributed by atoms with Crippen LogP contribution in [0.25, 0.3) is 0 Å². The molecule has 2 unspecified atom stereocenters. The number of aliphatic hydroxyl groups excluding tert-OH is 1. The fourth-order valence-corrected chi connectivity index (χ4v) is 7.79. The highest BCUT2D eigenvalue weighted by molar-refractivity contribution is 9.09. The topological polar surface area (TPSA) is 125 Å². The van der Waals surface area contributed by atoms with Gasteiger partial charge in [0.25, 0.3) is 0 Å². The summed E-state index contributed by atoms with van der Waals surface area (Å²) < 4.78 is 12.3. The molecular weight excluding hydrogens is 606 g/mol. The predicted octanol–water partition coefficient (Wildman–Crippen LogP) is 2.97. The monoisotopic (exact) mass is 653 g/mol. The number of esters is 1. The molecule has 236 valence electrons. The Morgan fingerprint density at radius 3 is 2.52 bits per heavy atom. The third-order valence-corrected chi connectivity index (χ3v) is 9.72. The van der Waals surface area contributed by atoms with E-state index in [1.165, 1.54) is 4.90 Å². The van der Waals surface area contributed by atoms with Crippen molar-refractivity contribution in [2.75, 3.05) is 19.7 Å². The molecule has 9 atom stereocenters. The number of hydrogen-bond acceptors (Lipinski definition) is 7. The second kappa shape index (κ2) is 14.5. The average molecular weight is 655 g/mol. The van der Waals surface area contributed by atoms with E-state index in [4.69, 9.17) is 9.47 Å². The fourth-order valence-electron chi connectivity index (χ4n) is 6.85. The maximum Gasteiger partial charge on any atom is 0.312 e. The average Bonchev–Trinajstić information content (AvgIpc) is 3.53. The maximum atomic E-state index is 14.5. The number of amides is 3. The Morgan fingerprint density at radius 2 is 1.95 bits per heavy atom. The lowest BCUT2D eigenvalue weighted by Gasteiger charge is -2.41. The number of halogens is 1. The highest BCUT2D eigenvalue weighted by atomic mass is 79.9. The highest BCUT2D eigenvalue weighted by Gasteiger charge is 2.77. The van der Waals surface area contributed by atoms with Crippen LogP contribution in [0.15, 0.2) is 25.3 Å². The lowest BCUT2D eigenvalue weighted by Crippen LogP contribution is -2.61. The Bertz CT molecular complexity index is 1040. The van der Waals surface area contributed by atoms with Crippen LogP contribution < -0.4 is 5.32 Å². The van der Waals surface area contributed by atoms with E-state index in [0.29, 0.717) is 25.8 Å². The molecule has 3 rings (SSSR count). The molecule has 3 saturated heterocycles. The van der Waals surface area contributed by atoms with Crippen LogP contribution in [0.5, 0.6) is 0 Å². The number of ether oxygens (including phenoxy) is 2. The van der Waals surface area contributed by atoms with Crippen LogP contribution in [0.4, 0.5) is 0 Å². The molecule has 2 N–H and O–H groups in total. The first-order valence-corrected chi connectivity index (χ1v) is 16.1. The van der Waals surface area contributed by atoms with Crippen LogP contribution in [-0.4, -0.2) is 99.1 Å². The molecular formula is C31H48BrN3O7. The molecule has 3 aliphatic rings. The van der Waals surface area contributed by atoms with Crippen molar-refractivity contribution in [1.82, 2.24) is 15.1 Å². The van der Waals surface area contributed by atoms with Gasteiger partial charge in [-0.2, -0.15) is 0 Å². The fraction of sp³-hybridized carbons (Fsp3) is 0.742. The molecule has 3 heterocycles. The minimum Gasteiger partial charge on any atom is -0.460 e. The molecule has 42 heavy (non-hydrogen) atoms. The van der Waals surface area contributed by atoms with Crippen molar-refractivity contribution in [3.63, 3.8) is 0 Å². The zero-order valence-electron chi connectivity index (χ0n) is 25.6. The second-order valence-electron chi connectivity index (χ2n) is 12.2. The summed E-state index contributed by atoms with van der Waals surface area (Å²) >= 11 is 3.68. The molecule has 3 aliphatic heterocycles. The van der Waals surface area contributed by atoms with Crippen LogP contribution >= 0.6 is 15.9 Å². The van der Waals surface area contributed by atoms with Gasteiger partial charge in [0.15, 0.2) is 0 Å². The first kappa shape index (κ1) is 34.3.